The maximum absolute atomic E-state index is 12.1. The molecule has 24 heavy (non-hydrogen) atoms. The summed E-state index contributed by atoms with van der Waals surface area (Å²) in [5, 5.41) is 13.7. The Morgan fingerprint density at radius 3 is 2.62 bits per heavy atom. The normalized spacial score (nSPS) is 16.2. The van der Waals surface area contributed by atoms with Gasteiger partial charge in [-0.25, -0.2) is 5.43 Å². The van der Waals surface area contributed by atoms with Crippen molar-refractivity contribution < 1.29 is 19.4 Å². The van der Waals surface area contributed by atoms with Crippen LogP contribution >= 0.6 is 0 Å². The van der Waals surface area contributed by atoms with Crippen LogP contribution in [0.4, 0.5) is 0 Å². The van der Waals surface area contributed by atoms with E-state index in [0.717, 1.165) is 16.7 Å². The van der Waals surface area contributed by atoms with Gasteiger partial charge in [-0.15, -0.1) is 0 Å². The fraction of sp³-hybridized carbons (Fsp3) is 0.222. The topological polar surface area (TPSA) is 80.2 Å². The third-order valence-electron chi connectivity index (χ3n) is 3.70. The number of benzene rings is 2. The molecule has 0 saturated carbocycles. The van der Waals surface area contributed by atoms with E-state index >= 15 is 0 Å². The number of amides is 1. The van der Waals surface area contributed by atoms with E-state index in [0.29, 0.717) is 11.5 Å². The smallest absolute Gasteiger partial charge is 0.284 e. The number of hydrogen-bond donors (Lipinski definition) is 2. The van der Waals surface area contributed by atoms with E-state index in [1.807, 2.05) is 26.0 Å². The lowest BCUT2D eigenvalue weighted by molar-refractivity contribution is -0.130. The third-order valence-corrected chi connectivity index (χ3v) is 3.70. The fourth-order valence-electron chi connectivity index (χ4n) is 2.46. The number of ether oxygens (including phenoxy) is 2. The minimum absolute atomic E-state index is 0.135. The molecule has 0 spiro atoms. The maximum atomic E-state index is 12.1. The number of rotatable bonds is 3. The predicted molar refractivity (Wildman–Crippen MR) is 89.7 cm³/mol. The summed E-state index contributed by atoms with van der Waals surface area (Å²) in [6, 6.07) is 10.8. The van der Waals surface area contributed by atoms with Crippen molar-refractivity contribution in [3.63, 3.8) is 0 Å². The van der Waals surface area contributed by atoms with E-state index in [2.05, 4.69) is 10.5 Å². The van der Waals surface area contributed by atoms with Gasteiger partial charge in [0.25, 0.3) is 5.91 Å². The molecule has 0 fully saturated rings. The van der Waals surface area contributed by atoms with Crippen LogP contribution < -0.4 is 14.9 Å². The molecule has 1 heterocycles. The van der Waals surface area contributed by atoms with E-state index in [-0.39, 0.29) is 18.3 Å². The Morgan fingerprint density at radius 2 is 1.92 bits per heavy atom. The van der Waals surface area contributed by atoms with Crippen LogP contribution in [0, 0.1) is 13.8 Å². The Labute approximate surface area is 139 Å². The molecule has 1 aliphatic rings. The summed E-state index contributed by atoms with van der Waals surface area (Å²) in [6.45, 7) is 3.75. The Bertz CT molecular complexity index is 778. The van der Waals surface area contributed by atoms with Gasteiger partial charge in [-0.05, 0) is 54.8 Å². The molecule has 1 aliphatic heterocycles. The Morgan fingerprint density at radius 1 is 1.25 bits per heavy atom. The van der Waals surface area contributed by atoms with Crippen LogP contribution in [0.5, 0.6) is 17.2 Å². The molecule has 6 heteroatoms. The number of hydrazone groups is 1. The molecule has 1 atom stereocenters. The van der Waals surface area contributed by atoms with Gasteiger partial charge in [0.1, 0.15) is 12.4 Å². The second kappa shape index (κ2) is 6.62. The number of phenolic OH excluding ortho intramolecular Hbond substituents is 1. The standard InChI is InChI=1S/C18H18N2O4/c1-11-7-13(8-12(2)17(11)21)9-19-20-18(22)16-10-23-14-5-3-4-6-15(14)24-16/h3-9,16,21H,10H2,1-2H3,(H,20,22)/b19-9+/t16-/m1/s1. The van der Waals surface area contributed by atoms with Crippen LogP contribution in [0.2, 0.25) is 0 Å². The molecule has 0 unspecified atom stereocenters. The monoisotopic (exact) mass is 326 g/mol. The van der Waals surface area contributed by atoms with Crippen molar-refractivity contribution in [2.45, 2.75) is 20.0 Å². The Balaban J connectivity index is 1.62. The highest BCUT2D eigenvalue weighted by atomic mass is 16.6. The number of aryl methyl sites for hydroxylation is 2. The second-order valence-electron chi connectivity index (χ2n) is 5.60. The quantitative estimate of drug-likeness (QED) is 0.670. The lowest BCUT2D eigenvalue weighted by atomic mass is 10.1. The number of nitrogens with zero attached hydrogens (tertiary/aromatic N) is 1. The fourth-order valence-corrected chi connectivity index (χ4v) is 2.46. The van der Waals surface area contributed by atoms with Gasteiger partial charge < -0.3 is 14.6 Å². The number of hydrogen-bond acceptors (Lipinski definition) is 5. The summed E-state index contributed by atoms with van der Waals surface area (Å²) in [6.07, 6.45) is 0.773. The van der Waals surface area contributed by atoms with Crippen LogP contribution in [-0.2, 0) is 4.79 Å². The van der Waals surface area contributed by atoms with Crippen LogP contribution in [0.15, 0.2) is 41.5 Å². The molecular weight excluding hydrogens is 308 g/mol. The van der Waals surface area contributed by atoms with E-state index in [1.54, 1.807) is 24.3 Å². The third kappa shape index (κ3) is 3.32. The van der Waals surface area contributed by atoms with Crippen molar-refractivity contribution in [3.05, 3.63) is 53.1 Å². The molecule has 0 aliphatic carbocycles. The van der Waals surface area contributed by atoms with Gasteiger partial charge in [0.2, 0.25) is 6.10 Å². The van der Waals surface area contributed by atoms with Crippen molar-refractivity contribution >= 4 is 12.1 Å². The highest BCUT2D eigenvalue weighted by molar-refractivity contribution is 5.85. The van der Waals surface area contributed by atoms with E-state index < -0.39 is 6.10 Å². The zero-order valence-electron chi connectivity index (χ0n) is 13.4. The maximum Gasteiger partial charge on any atom is 0.284 e. The van der Waals surface area contributed by atoms with Crippen LogP contribution in [0.1, 0.15) is 16.7 Å². The highest BCUT2D eigenvalue weighted by Crippen LogP contribution is 2.30. The summed E-state index contributed by atoms with van der Waals surface area (Å²) < 4.78 is 11.1. The Kier molecular flexibility index (Phi) is 4.37. The molecule has 124 valence electrons. The average Bonchev–Trinajstić information content (AvgIpc) is 2.59. The van der Waals surface area contributed by atoms with Gasteiger partial charge in [0.05, 0.1) is 6.21 Å². The second-order valence-corrected chi connectivity index (χ2v) is 5.60. The molecule has 0 bridgehead atoms. The van der Waals surface area contributed by atoms with E-state index in [1.165, 1.54) is 6.21 Å². The first-order valence-electron chi connectivity index (χ1n) is 7.56. The first-order valence-corrected chi connectivity index (χ1v) is 7.56. The Hall–Kier alpha value is -3.02. The minimum Gasteiger partial charge on any atom is -0.507 e. The number of phenols is 1. The lowest BCUT2D eigenvalue weighted by Crippen LogP contribution is -2.42. The van der Waals surface area contributed by atoms with Crippen molar-refractivity contribution in [1.82, 2.24) is 5.43 Å². The first kappa shape index (κ1) is 15.9. The molecule has 1 amide bonds. The molecule has 2 N–H and O–H groups in total. The first-order chi connectivity index (χ1) is 11.5. The average molecular weight is 326 g/mol. The molecule has 0 aromatic heterocycles. The number of carbonyl (C=O) groups excluding carboxylic acids is 1. The summed E-state index contributed by atoms with van der Waals surface area (Å²) in [5.74, 6) is 1.05. The lowest BCUT2D eigenvalue weighted by Gasteiger charge is -2.24. The van der Waals surface area contributed by atoms with Gasteiger partial charge in [0, 0.05) is 0 Å². The minimum atomic E-state index is -0.750. The molecule has 6 nitrogen and oxygen atoms in total. The summed E-state index contributed by atoms with van der Waals surface area (Å²) >= 11 is 0. The number of nitrogens with one attached hydrogen (secondary N) is 1. The predicted octanol–water partition coefficient (Wildman–Crippen LogP) is 2.30. The molecule has 3 rings (SSSR count). The SMILES string of the molecule is Cc1cc(/C=N/NC(=O)[C@H]2COc3ccccc3O2)cc(C)c1O. The van der Waals surface area contributed by atoms with Gasteiger partial charge >= 0.3 is 0 Å². The number of fused-ring (bicyclic) bond motifs is 1. The number of carbonyl (C=O) groups is 1. The van der Waals surface area contributed by atoms with Gasteiger partial charge in [-0.3, -0.25) is 4.79 Å². The molecule has 2 aromatic rings. The molecular formula is C18H18N2O4. The molecule has 0 saturated heterocycles. The summed E-state index contributed by atoms with van der Waals surface area (Å²) in [7, 11) is 0. The van der Waals surface area contributed by atoms with Crippen molar-refractivity contribution in [2.24, 2.45) is 5.10 Å². The van der Waals surface area contributed by atoms with Crippen molar-refractivity contribution in [3.8, 4) is 17.2 Å². The summed E-state index contributed by atoms with van der Waals surface area (Å²) in [4.78, 5) is 12.1. The van der Waals surface area contributed by atoms with Crippen molar-refractivity contribution in [2.75, 3.05) is 6.61 Å². The van der Waals surface area contributed by atoms with Gasteiger partial charge in [0.15, 0.2) is 11.5 Å². The van der Waals surface area contributed by atoms with Gasteiger partial charge in [-0.1, -0.05) is 12.1 Å². The molecule has 0 radical (unpaired) electrons. The van der Waals surface area contributed by atoms with Crippen molar-refractivity contribution in [1.29, 1.82) is 0 Å². The van der Waals surface area contributed by atoms with E-state index in [4.69, 9.17) is 9.47 Å². The number of para-hydroxylation sites is 2. The number of aromatic hydroxyl groups is 1. The zero-order chi connectivity index (χ0) is 17.1. The van der Waals surface area contributed by atoms with E-state index in [9.17, 15) is 9.90 Å². The van der Waals surface area contributed by atoms with Crippen LogP contribution in [0.3, 0.4) is 0 Å². The summed E-state index contributed by atoms with van der Waals surface area (Å²) in [5.41, 5.74) is 4.74. The molecule has 2 aromatic carbocycles. The van der Waals surface area contributed by atoms with Crippen LogP contribution in [0.25, 0.3) is 0 Å². The highest BCUT2D eigenvalue weighted by Gasteiger charge is 2.26. The largest absolute Gasteiger partial charge is 0.507 e. The van der Waals surface area contributed by atoms with Crippen LogP contribution in [-0.4, -0.2) is 29.9 Å². The zero-order valence-corrected chi connectivity index (χ0v) is 13.4. The van der Waals surface area contributed by atoms with Gasteiger partial charge in [-0.2, -0.15) is 5.10 Å².